The van der Waals surface area contributed by atoms with E-state index in [1.807, 2.05) is 61.5 Å². The Labute approximate surface area is 170 Å². The first-order chi connectivity index (χ1) is 14.4. The lowest BCUT2D eigenvalue weighted by atomic mass is 10.1. The SMILES string of the molecule is Cc1ccc(-n2nc(-c3ccccc3)c3cnc4cc(C(F)(F)F)ccc4c32)cc1. The van der Waals surface area contributed by atoms with Crippen LogP contribution >= 0.6 is 0 Å². The second kappa shape index (κ2) is 6.69. The minimum absolute atomic E-state index is 0.283. The summed E-state index contributed by atoms with van der Waals surface area (Å²) in [5.74, 6) is 0. The molecule has 30 heavy (non-hydrogen) atoms. The van der Waals surface area contributed by atoms with E-state index in [-0.39, 0.29) is 5.52 Å². The van der Waals surface area contributed by atoms with Gasteiger partial charge < -0.3 is 0 Å². The number of aromatic nitrogens is 3. The predicted molar refractivity (Wildman–Crippen MR) is 112 cm³/mol. The first-order valence-corrected chi connectivity index (χ1v) is 9.43. The zero-order chi connectivity index (χ0) is 20.9. The lowest BCUT2D eigenvalue weighted by molar-refractivity contribution is -0.137. The van der Waals surface area contributed by atoms with Crippen LogP contribution in [-0.4, -0.2) is 14.8 Å². The molecule has 0 fully saturated rings. The van der Waals surface area contributed by atoms with Crippen LogP contribution in [0.3, 0.4) is 0 Å². The van der Waals surface area contributed by atoms with Crippen LogP contribution < -0.4 is 0 Å². The molecule has 0 N–H and O–H groups in total. The van der Waals surface area contributed by atoms with Gasteiger partial charge in [-0.2, -0.15) is 18.3 Å². The highest BCUT2D eigenvalue weighted by atomic mass is 19.4. The van der Waals surface area contributed by atoms with Gasteiger partial charge in [0.1, 0.15) is 5.69 Å². The molecule has 0 radical (unpaired) electrons. The number of aryl methyl sites for hydroxylation is 1. The number of pyridine rings is 1. The summed E-state index contributed by atoms with van der Waals surface area (Å²) in [6, 6.07) is 21.2. The average molecular weight is 403 g/mol. The zero-order valence-electron chi connectivity index (χ0n) is 16.0. The number of hydrogen-bond acceptors (Lipinski definition) is 2. The fourth-order valence-corrected chi connectivity index (χ4v) is 3.64. The van der Waals surface area contributed by atoms with Gasteiger partial charge in [0.15, 0.2) is 0 Å². The molecular formula is C24H16F3N3. The van der Waals surface area contributed by atoms with Gasteiger partial charge in [0.2, 0.25) is 0 Å². The highest BCUT2D eigenvalue weighted by molar-refractivity contribution is 6.08. The third kappa shape index (κ3) is 3.01. The molecule has 3 aromatic carbocycles. The Kier molecular flexibility index (Phi) is 4.10. The van der Waals surface area contributed by atoms with Crippen LogP contribution in [0.4, 0.5) is 13.2 Å². The standard InChI is InChI=1S/C24H16F3N3/c1-15-7-10-18(11-8-15)30-23-19-12-9-17(24(25,26)27)13-21(19)28-14-20(23)22(29-30)16-5-3-2-4-6-16/h2-14H,1H3. The zero-order valence-corrected chi connectivity index (χ0v) is 16.0. The maximum absolute atomic E-state index is 13.2. The molecule has 2 heterocycles. The summed E-state index contributed by atoms with van der Waals surface area (Å²) in [4.78, 5) is 4.34. The topological polar surface area (TPSA) is 30.7 Å². The van der Waals surface area contributed by atoms with E-state index < -0.39 is 11.7 Å². The Morgan fingerprint density at radius 3 is 2.27 bits per heavy atom. The molecule has 2 aromatic heterocycles. The Hall–Kier alpha value is -3.67. The molecule has 0 aliphatic rings. The molecule has 0 amide bonds. The van der Waals surface area contributed by atoms with Gasteiger partial charge in [0.25, 0.3) is 0 Å². The van der Waals surface area contributed by atoms with Crippen LogP contribution in [0.1, 0.15) is 11.1 Å². The van der Waals surface area contributed by atoms with E-state index in [1.54, 1.807) is 10.9 Å². The molecular weight excluding hydrogens is 387 g/mol. The first-order valence-electron chi connectivity index (χ1n) is 9.43. The largest absolute Gasteiger partial charge is 0.416 e. The Morgan fingerprint density at radius 2 is 1.57 bits per heavy atom. The lowest BCUT2D eigenvalue weighted by Crippen LogP contribution is -2.04. The molecule has 0 spiro atoms. The van der Waals surface area contributed by atoms with Crippen molar-refractivity contribution < 1.29 is 13.2 Å². The van der Waals surface area contributed by atoms with Crippen molar-refractivity contribution in [1.29, 1.82) is 0 Å². The van der Waals surface area contributed by atoms with Crippen LogP contribution in [0.25, 0.3) is 38.8 Å². The number of alkyl halides is 3. The van der Waals surface area contributed by atoms with Crippen LogP contribution in [-0.2, 0) is 6.18 Å². The van der Waals surface area contributed by atoms with Crippen molar-refractivity contribution in [1.82, 2.24) is 14.8 Å². The number of fused-ring (bicyclic) bond motifs is 3. The molecule has 0 atom stereocenters. The van der Waals surface area contributed by atoms with Gasteiger partial charge in [-0.3, -0.25) is 4.98 Å². The summed E-state index contributed by atoms with van der Waals surface area (Å²) >= 11 is 0. The van der Waals surface area contributed by atoms with Gasteiger partial charge in [-0.25, -0.2) is 4.68 Å². The Morgan fingerprint density at radius 1 is 0.833 bits per heavy atom. The van der Waals surface area contributed by atoms with Gasteiger partial charge in [0, 0.05) is 22.5 Å². The number of halogens is 3. The van der Waals surface area contributed by atoms with Crippen molar-refractivity contribution >= 4 is 21.8 Å². The molecule has 3 nitrogen and oxygen atoms in total. The predicted octanol–water partition coefficient (Wildman–Crippen LogP) is 6.57. The molecule has 6 heteroatoms. The van der Waals surface area contributed by atoms with Crippen molar-refractivity contribution in [3.05, 3.63) is 90.1 Å². The van der Waals surface area contributed by atoms with Crippen LogP contribution in [0.5, 0.6) is 0 Å². The van der Waals surface area contributed by atoms with Crippen molar-refractivity contribution in [3.8, 4) is 16.9 Å². The van der Waals surface area contributed by atoms with E-state index in [4.69, 9.17) is 5.10 Å². The summed E-state index contributed by atoms with van der Waals surface area (Å²) in [5, 5.41) is 6.24. The molecule has 0 saturated carbocycles. The monoisotopic (exact) mass is 403 g/mol. The summed E-state index contributed by atoms with van der Waals surface area (Å²) < 4.78 is 41.4. The van der Waals surface area contributed by atoms with E-state index in [1.165, 1.54) is 6.07 Å². The highest BCUT2D eigenvalue weighted by Crippen LogP contribution is 2.36. The van der Waals surface area contributed by atoms with Gasteiger partial charge in [-0.1, -0.05) is 54.1 Å². The van der Waals surface area contributed by atoms with E-state index in [2.05, 4.69) is 4.98 Å². The maximum atomic E-state index is 13.2. The molecule has 0 saturated heterocycles. The lowest BCUT2D eigenvalue weighted by Gasteiger charge is -2.09. The maximum Gasteiger partial charge on any atom is 0.416 e. The smallest absolute Gasteiger partial charge is 0.255 e. The fraction of sp³-hybridized carbons (Fsp3) is 0.0833. The number of nitrogens with zero attached hydrogens (tertiary/aromatic N) is 3. The van der Waals surface area contributed by atoms with E-state index in [9.17, 15) is 13.2 Å². The average Bonchev–Trinajstić information content (AvgIpc) is 3.14. The van der Waals surface area contributed by atoms with Crippen LogP contribution in [0, 0.1) is 6.92 Å². The number of hydrogen-bond donors (Lipinski definition) is 0. The van der Waals surface area contributed by atoms with Crippen molar-refractivity contribution in [2.45, 2.75) is 13.1 Å². The minimum atomic E-state index is -4.42. The second-order valence-corrected chi connectivity index (χ2v) is 7.21. The summed E-state index contributed by atoms with van der Waals surface area (Å²) in [6.07, 6.45) is -2.81. The number of rotatable bonds is 2. The van der Waals surface area contributed by atoms with Gasteiger partial charge in [-0.05, 0) is 31.2 Å². The highest BCUT2D eigenvalue weighted by Gasteiger charge is 2.31. The molecule has 0 aliphatic carbocycles. The normalized spacial score (nSPS) is 12.0. The third-order valence-electron chi connectivity index (χ3n) is 5.16. The van der Waals surface area contributed by atoms with Gasteiger partial charge in [0.05, 0.1) is 22.3 Å². The number of benzene rings is 3. The van der Waals surface area contributed by atoms with Gasteiger partial charge in [-0.15, -0.1) is 0 Å². The third-order valence-corrected chi connectivity index (χ3v) is 5.16. The fourth-order valence-electron chi connectivity index (χ4n) is 3.64. The van der Waals surface area contributed by atoms with Crippen molar-refractivity contribution in [2.75, 3.05) is 0 Å². The van der Waals surface area contributed by atoms with Crippen LogP contribution in [0.2, 0.25) is 0 Å². The minimum Gasteiger partial charge on any atom is -0.255 e. The molecule has 0 aliphatic heterocycles. The van der Waals surface area contributed by atoms with Gasteiger partial charge >= 0.3 is 6.18 Å². The van der Waals surface area contributed by atoms with Crippen molar-refractivity contribution in [2.24, 2.45) is 0 Å². The summed E-state index contributed by atoms with van der Waals surface area (Å²) in [6.45, 7) is 2.00. The quantitative estimate of drug-likeness (QED) is 0.334. The molecule has 148 valence electrons. The summed E-state index contributed by atoms with van der Waals surface area (Å²) in [5.41, 5.74) is 3.90. The van der Waals surface area contributed by atoms with E-state index in [0.717, 1.165) is 45.5 Å². The van der Waals surface area contributed by atoms with Crippen molar-refractivity contribution in [3.63, 3.8) is 0 Å². The van der Waals surface area contributed by atoms with Crippen LogP contribution in [0.15, 0.2) is 79.0 Å². The molecule has 0 unspecified atom stereocenters. The summed E-state index contributed by atoms with van der Waals surface area (Å²) in [7, 11) is 0. The molecule has 0 bridgehead atoms. The second-order valence-electron chi connectivity index (χ2n) is 7.21. The molecule has 5 aromatic rings. The molecule has 5 rings (SSSR count). The first kappa shape index (κ1) is 18.4. The van der Waals surface area contributed by atoms with E-state index in [0.29, 0.717) is 5.39 Å². The Balaban J connectivity index is 1.86. The van der Waals surface area contributed by atoms with E-state index >= 15 is 0 Å². The Bertz CT molecular complexity index is 1370.